The monoisotopic (exact) mass is 350 g/mol. The van der Waals surface area contributed by atoms with Gasteiger partial charge in [-0.1, -0.05) is 6.08 Å². The first-order valence-corrected chi connectivity index (χ1v) is 9.09. The summed E-state index contributed by atoms with van der Waals surface area (Å²) in [4.78, 5) is 26.1. The van der Waals surface area contributed by atoms with Crippen LogP contribution >= 0.6 is 11.3 Å². The summed E-state index contributed by atoms with van der Waals surface area (Å²) in [5.41, 5.74) is 4.19. The Balaban J connectivity index is 1.46. The van der Waals surface area contributed by atoms with Crippen LogP contribution in [-0.2, 0) is 4.79 Å². The maximum atomic E-state index is 12.4. The number of aromatic nitrogens is 3. The largest absolute Gasteiger partial charge is 0.346 e. The third-order valence-electron chi connectivity index (χ3n) is 4.35. The Morgan fingerprint density at radius 3 is 3.12 bits per heavy atom. The molecule has 3 aromatic heterocycles. The SMILES string of the molecule is Cc1nc(/C=C/C(=O)N2CC=C(c3c[nH]c4ncccc34)CC2)cs1. The third-order valence-corrected chi connectivity index (χ3v) is 5.14. The van der Waals surface area contributed by atoms with Gasteiger partial charge in [-0.3, -0.25) is 4.79 Å². The van der Waals surface area contributed by atoms with Gasteiger partial charge in [0.25, 0.3) is 0 Å². The van der Waals surface area contributed by atoms with Crippen LogP contribution < -0.4 is 0 Å². The highest BCUT2D eigenvalue weighted by Crippen LogP contribution is 2.28. The summed E-state index contributed by atoms with van der Waals surface area (Å²) < 4.78 is 0. The highest BCUT2D eigenvalue weighted by atomic mass is 32.1. The molecule has 1 amide bonds. The van der Waals surface area contributed by atoms with E-state index in [2.05, 4.69) is 27.1 Å². The molecule has 4 rings (SSSR count). The second kappa shape index (κ2) is 6.64. The summed E-state index contributed by atoms with van der Waals surface area (Å²) in [5.74, 6) is 0.0292. The van der Waals surface area contributed by atoms with E-state index in [9.17, 15) is 4.79 Å². The molecule has 25 heavy (non-hydrogen) atoms. The smallest absolute Gasteiger partial charge is 0.246 e. The molecule has 0 saturated heterocycles. The predicted octanol–water partition coefficient (Wildman–Crippen LogP) is 3.66. The Hall–Kier alpha value is -2.73. The van der Waals surface area contributed by atoms with E-state index in [0.29, 0.717) is 6.54 Å². The number of carbonyl (C=O) groups is 1. The van der Waals surface area contributed by atoms with Crippen molar-refractivity contribution >= 4 is 39.9 Å². The van der Waals surface area contributed by atoms with Crippen molar-refractivity contribution in [1.82, 2.24) is 19.9 Å². The fourth-order valence-corrected chi connectivity index (χ4v) is 3.64. The number of pyridine rings is 1. The van der Waals surface area contributed by atoms with Gasteiger partial charge in [0, 0.05) is 47.9 Å². The normalized spacial score (nSPS) is 15.1. The van der Waals surface area contributed by atoms with Crippen LogP contribution in [0.3, 0.4) is 0 Å². The first kappa shape index (κ1) is 15.8. The lowest BCUT2D eigenvalue weighted by Gasteiger charge is -2.25. The summed E-state index contributed by atoms with van der Waals surface area (Å²) in [6.07, 6.45) is 10.2. The number of amides is 1. The van der Waals surface area contributed by atoms with Gasteiger partial charge in [-0.15, -0.1) is 11.3 Å². The predicted molar refractivity (Wildman–Crippen MR) is 101 cm³/mol. The highest BCUT2D eigenvalue weighted by Gasteiger charge is 2.18. The average Bonchev–Trinajstić information content (AvgIpc) is 3.26. The first-order chi connectivity index (χ1) is 12.2. The van der Waals surface area contributed by atoms with Crippen LogP contribution in [0.4, 0.5) is 0 Å². The van der Waals surface area contributed by atoms with Gasteiger partial charge in [-0.2, -0.15) is 0 Å². The lowest BCUT2D eigenvalue weighted by Crippen LogP contribution is -2.33. The van der Waals surface area contributed by atoms with Crippen molar-refractivity contribution in [3.8, 4) is 0 Å². The van der Waals surface area contributed by atoms with Crippen molar-refractivity contribution in [1.29, 1.82) is 0 Å². The molecule has 0 atom stereocenters. The Morgan fingerprint density at radius 2 is 2.36 bits per heavy atom. The standard InChI is InChI=1S/C19H18N4OS/c1-13-22-15(12-25-13)4-5-18(24)23-9-6-14(7-10-23)17-11-21-19-16(17)3-2-8-20-19/h2-6,8,11-12H,7,9-10H2,1H3,(H,20,21)/b5-4+. The zero-order chi connectivity index (χ0) is 17.2. The molecule has 3 aromatic rings. The zero-order valence-corrected chi connectivity index (χ0v) is 14.7. The number of rotatable bonds is 3. The van der Waals surface area contributed by atoms with Crippen molar-refractivity contribution in [3.63, 3.8) is 0 Å². The van der Waals surface area contributed by atoms with Crippen molar-refractivity contribution < 1.29 is 4.79 Å². The summed E-state index contributed by atoms with van der Waals surface area (Å²) >= 11 is 1.59. The molecule has 0 aromatic carbocycles. The summed E-state index contributed by atoms with van der Waals surface area (Å²) in [6.45, 7) is 3.31. The number of aromatic amines is 1. The topological polar surface area (TPSA) is 61.9 Å². The number of fused-ring (bicyclic) bond motifs is 1. The third kappa shape index (κ3) is 3.25. The number of hydrogen-bond donors (Lipinski definition) is 1. The molecule has 1 aliphatic heterocycles. The van der Waals surface area contributed by atoms with Crippen molar-refractivity contribution in [2.75, 3.05) is 13.1 Å². The van der Waals surface area contributed by atoms with Crippen molar-refractivity contribution in [2.45, 2.75) is 13.3 Å². The molecule has 5 nitrogen and oxygen atoms in total. The van der Waals surface area contributed by atoms with Crippen molar-refractivity contribution in [2.24, 2.45) is 0 Å². The van der Waals surface area contributed by atoms with Crippen LogP contribution in [0.15, 0.2) is 42.1 Å². The molecule has 0 saturated carbocycles. The fourth-order valence-electron chi connectivity index (χ4n) is 3.05. The van der Waals surface area contributed by atoms with Crippen LogP contribution in [0.5, 0.6) is 0 Å². The van der Waals surface area contributed by atoms with E-state index in [1.165, 1.54) is 11.1 Å². The number of nitrogens with one attached hydrogen (secondary N) is 1. The summed E-state index contributed by atoms with van der Waals surface area (Å²) in [6, 6.07) is 4.02. The number of thiazole rings is 1. The minimum absolute atomic E-state index is 0.0292. The number of hydrogen-bond acceptors (Lipinski definition) is 4. The summed E-state index contributed by atoms with van der Waals surface area (Å²) in [5, 5.41) is 4.09. The molecule has 6 heteroatoms. The molecule has 4 heterocycles. The number of aryl methyl sites for hydroxylation is 1. The minimum Gasteiger partial charge on any atom is -0.346 e. The van der Waals surface area contributed by atoms with E-state index < -0.39 is 0 Å². The van der Waals surface area contributed by atoms with Gasteiger partial charge in [0.1, 0.15) is 5.65 Å². The van der Waals surface area contributed by atoms with Crippen LogP contribution in [0, 0.1) is 6.92 Å². The maximum absolute atomic E-state index is 12.4. The van der Waals surface area contributed by atoms with Gasteiger partial charge in [0.2, 0.25) is 5.91 Å². The Labute approximate surface area is 149 Å². The lowest BCUT2D eigenvalue weighted by molar-refractivity contribution is -0.125. The van der Waals surface area contributed by atoms with E-state index in [4.69, 9.17) is 0 Å². The first-order valence-electron chi connectivity index (χ1n) is 8.21. The number of nitrogens with zero attached hydrogens (tertiary/aromatic N) is 3. The second-order valence-electron chi connectivity index (χ2n) is 5.99. The molecule has 0 fully saturated rings. The molecule has 1 aliphatic rings. The maximum Gasteiger partial charge on any atom is 0.246 e. The molecule has 1 N–H and O–H groups in total. The Bertz CT molecular complexity index is 982. The molecule has 126 valence electrons. The number of H-pyrrole nitrogens is 1. The molecular formula is C19H18N4OS. The van der Waals surface area contributed by atoms with Gasteiger partial charge in [-0.05, 0) is 37.1 Å². The molecule has 0 aliphatic carbocycles. The molecule has 0 bridgehead atoms. The molecule has 0 radical (unpaired) electrons. The van der Waals surface area contributed by atoms with Crippen LogP contribution in [0.2, 0.25) is 0 Å². The van der Waals surface area contributed by atoms with Crippen LogP contribution in [-0.4, -0.2) is 38.8 Å². The van der Waals surface area contributed by atoms with Crippen LogP contribution in [0.25, 0.3) is 22.7 Å². The summed E-state index contributed by atoms with van der Waals surface area (Å²) in [7, 11) is 0. The van der Waals surface area contributed by atoms with E-state index >= 15 is 0 Å². The highest BCUT2D eigenvalue weighted by molar-refractivity contribution is 7.09. The van der Waals surface area contributed by atoms with Gasteiger partial charge >= 0.3 is 0 Å². The second-order valence-corrected chi connectivity index (χ2v) is 7.05. The minimum atomic E-state index is 0.0292. The molecular weight excluding hydrogens is 332 g/mol. The Morgan fingerprint density at radius 1 is 1.44 bits per heavy atom. The molecule has 0 unspecified atom stereocenters. The van der Waals surface area contributed by atoms with E-state index in [1.54, 1.807) is 29.7 Å². The van der Waals surface area contributed by atoms with Gasteiger partial charge in [0.15, 0.2) is 0 Å². The average molecular weight is 350 g/mol. The fraction of sp³-hybridized carbons (Fsp3) is 0.211. The van der Waals surface area contributed by atoms with Crippen molar-refractivity contribution in [3.05, 3.63) is 58.3 Å². The number of carbonyl (C=O) groups excluding carboxylic acids is 1. The Kier molecular flexibility index (Phi) is 4.19. The van der Waals surface area contributed by atoms with Gasteiger partial charge in [-0.25, -0.2) is 9.97 Å². The lowest BCUT2D eigenvalue weighted by atomic mass is 9.99. The van der Waals surface area contributed by atoms with E-state index in [1.807, 2.05) is 29.5 Å². The quantitative estimate of drug-likeness (QED) is 0.733. The van der Waals surface area contributed by atoms with Gasteiger partial charge < -0.3 is 9.88 Å². The van der Waals surface area contributed by atoms with E-state index in [-0.39, 0.29) is 5.91 Å². The zero-order valence-electron chi connectivity index (χ0n) is 13.9. The van der Waals surface area contributed by atoms with E-state index in [0.717, 1.165) is 34.7 Å². The van der Waals surface area contributed by atoms with Gasteiger partial charge in [0.05, 0.1) is 10.7 Å². The molecule has 0 spiro atoms. The van der Waals surface area contributed by atoms with Crippen LogP contribution in [0.1, 0.15) is 22.7 Å².